The molecule has 1 aromatic carbocycles. The van der Waals surface area contributed by atoms with E-state index in [-0.39, 0.29) is 0 Å². The SMILES string of the molecule is C1=[NH+]c2ccccc2CC1.[O-][Cl+3]([O-])([O-])[O-]. The molecule has 1 aliphatic heterocycles. The molecule has 0 bridgehead atoms. The van der Waals surface area contributed by atoms with Crippen molar-refractivity contribution in [3.8, 4) is 0 Å². The van der Waals surface area contributed by atoms with Gasteiger partial charge in [0.15, 0.2) is 0 Å². The van der Waals surface area contributed by atoms with Crippen molar-refractivity contribution in [1.82, 2.24) is 0 Å². The fourth-order valence-corrected chi connectivity index (χ4v) is 1.29. The van der Waals surface area contributed by atoms with E-state index in [1.165, 1.54) is 17.7 Å². The molecule has 0 aromatic heterocycles. The third-order valence-electron chi connectivity index (χ3n) is 1.83. The summed E-state index contributed by atoms with van der Waals surface area (Å²) in [6.07, 6.45) is 4.45. The first kappa shape index (κ1) is 12.1. The van der Waals surface area contributed by atoms with E-state index < -0.39 is 10.2 Å². The Kier molecular flexibility index (Phi) is 4.19. The average Bonchev–Trinajstić information content (AvgIpc) is 2.16. The highest BCUT2D eigenvalue weighted by Crippen LogP contribution is 2.11. The summed E-state index contributed by atoms with van der Waals surface area (Å²) in [5.74, 6) is 0. The second-order valence-electron chi connectivity index (χ2n) is 2.92. The molecule has 15 heavy (non-hydrogen) atoms. The number of fused-ring (bicyclic) bond motifs is 1. The molecule has 1 aliphatic rings. The maximum atomic E-state index is 8.49. The topological polar surface area (TPSA) is 106 Å². The van der Waals surface area contributed by atoms with Gasteiger partial charge < -0.3 is 0 Å². The van der Waals surface area contributed by atoms with E-state index in [2.05, 4.69) is 35.5 Å². The van der Waals surface area contributed by atoms with Gasteiger partial charge in [-0.05, 0) is 6.42 Å². The minimum atomic E-state index is -4.94. The first-order valence-corrected chi connectivity index (χ1v) is 5.48. The minimum absolute atomic E-state index is 1.15. The van der Waals surface area contributed by atoms with Crippen LogP contribution in [0.3, 0.4) is 0 Å². The molecule has 1 aromatic rings. The van der Waals surface area contributed by atoms with Crippen molar-refractivity contribution in [3.63, 3.8) is 0 Å². The van der Waals surface area contributed by atoms with Crippen LogP contribution in [0.2, 0.25) is 0 Å². The zero-order valence-corrected chi connectivity index (χ0v) is 8.57. The van der Waals surface area contributed by atoms with Crippen molar-refractivity contribution >= 4 is 11.9 Å². The molecule has 2 rings (SSSR count). The van der Waals surface area contributed by atoms with E-state index in [0.717, 1.165) is 6.42 Å². The van der Waals surface area contributed by atoms with Gasteiger partial charge in [0.2, 0.25) is 5.69 Å². The van der Waals surface area contributed by atoms with Crippen LogP contribution in [0.25, 0.3) is 0 Å². The molecular weight excluding hydrogens is 222 g/mol. The Morgan fingerprint density at radius 3 is 2.27 bits per heavy atom. The normalized spacial score (nSPS) is 13.9. The number of para-hydroxylation sites is 1. The summed E-state index contributed by atoms with van der Waals surface area (Å²) in [5.41, 5.74) is 2.71. The number of rotatable bonds is 0. The van der Waals surface area contributed by atoms with Gasteiger partial charge in [0.25, 0.3) is 0 Å². The summed E-state index contributed by atoms with van der Waals surface area (Å²) in [6.45, 7) is 0. The van der Waals surface area contributed by atoms with Gasteiger partial charge in [-0.3, -0.25) is 0 Å². The van der Waals surface area contributed by atoms with Crippen LogP contribution < -0.4 is 23.6 Å². The van der Waals surface area contributed by atoms with E-state index in [0.29, 0.717) is 0 Å². The van der Waals surface area contributed by atoms with Crippen LogP contribution in [0.4, 0.5) is 5.69 Å². The third-order valence-corrected chi connectivity index (χ3v) is 1.83. The molecule has 0 atom stereocenters. The lowest BCUT2D eigenvalue weighted by Crippen LogP contribution is -2.68. The van der Waals surface area contributed by atoms with Gasteiger partial charge in [-0.1, -0.05) is 18.2 Å². The first-order chi connectivity index (χ1) is 6.97. The molecular formula is C9H10ClNO4. The van der Waals surface area contributed by atoms with Crippen molar-refractivity contribution in [2.24, 2.45) is 0 Å². The summed E-state index contributed by atoms with van der Waals surface area (Å²) >= 11 is 0. The van der Waals surface area contributed by atoms with Crippen molar-refractivity contribution in [2.45, 2.75) is 12.8 Å². The van der Waals surface area contributed by atoms with Crippen molar-refractivity contribution in [2.75, 3.05) is 0 Å². The molecule has 1 N–H and O–H groups in total. The van der Waals surface area contributed by atoms with E-state index in [4.69, 9.17) is 18.6 Å². The van der Waals surface area contributed by atoms with Crippen LogP contribution in [0.5, 0.6) is 0 Å². The second-order valence-corrected chi connectivity index (χ2v) is 3.68. The van der Waals surface area contributed by atoms with Crippen molar-refractivity contribution in [1.29, 1.82) is 0 Å². The summed E-state index contributed by atoms with van der Waals surface area (Å²) in [7, 11) is -4.94. The second kappa shape index (κ2) is 5.20. The van der Waals surface area contributed by atoms with Crippen LogP contribution in [-0.4, -0.2) is 6.21 Å². The summed E-state index contributed by atoms with van der Waals surface area (Å²) < 4.78 is 34.0. The molecule has 1 heterocycles. The maximum Gasteiger partial charge on any atom is 0.206 e. The number of benzene rings is 1. The quantitative estimate of drug-likeness (QED) is 0.487. The minimum Gasteiger partial charge on any atom is -0.222 e. The number of nitrogens with one attached hydrogen (secondary N) is 1. The average molecular weight is 232 g/mol. The lowest BCUT2D eigenvalue weighted by atomic mass is 10.1. The first-order valence-electron chi connectivity index (χ1n) is 4.25. The standard InChI is InChI=1S/C9H9N.ClHO4/c1-2-6-9-8(4-1)5-3-7-10-9;2-1(3,4)5/h1-2,4,6-7H,3,5H2;(H,2,3,4,5). The molecule has 0 fully saturated rings. The van der Waals surface area contributed by atoms with Gasteiger partial charge in [0.1, 0.15) is 6.21 Å². The molecule has 0 amide bonds. The number of hydrogen-bond donors (Lipinski definition) is 1. The van der Waals surface area contributed by atoms with E-state index in [1.807, 2.05) is 0 Å². The lowest BCUT2D eigenvalue weighted by molar-refractivity contribution is -2.00. The van der Waals surface area contributed by atoms with Gasteiger partial charge in [0.05, 0.1) is 0 Å². The molecule has 82 valence electrons. The summed E-state index contributed by atoms with van der Waals surface area (Å²) in [6, 6.07) is 8.44. The van der Waals surface area contributed by atoms with Crippen LogP contribution >= 0.6 is 0 Å². The number of aryl methyl sites for hydroxylation is 1. The molecule has 0 aliphatic carbocycles. The highest BCUT2D eigenvalue weighted by molar-refractivity contribution is 5.57. The van der Waals surface area contributed by atoms with Gasteiger partial charge in [-0.15, -0.1) is 10.2 Å². The molecule has 5 nitrogen and oxygen atoms in total. The van der Waals surface area contributed by atoms with Crippen LogP contribution in [0.1, 0.15) is 12.0 Å². The van der Waals surface area contributed by atoms with Gasteiger partial charge >= 0.3 is 0 Å². The zero-order chi connectivity index (χ0) is 11.3. The van der Waals surface area contributed by atoms with Gasteiger partial charge in [0, 0.05) is 18.1 Å². The largest absolute Gasteiger partial charge is 0.222 e. The number of halogens is 1. The van der Waals surface area contributed by atoms with E-state index in [1.54, 1.807) is 0 Å². The Bertz CT molecular complexity index is 342. The highest BCUT2D eigenvalue weighted by Gasteiger charge is 2.07. The fraction of sp³-hybridized carbons (Fsp3) is 0.222. The Labute approximate surface area is 89.1 Å². The molecule has 6 heteroatoms. The van der Waals surface area contributed by atoms with E-state index >= 15 is 0 Å². The zero-order valence-electron chi connectivity index (χ0n) is 7.81. The van der Waals surface area contributed by atoms with Crippen LogP contribution in [0.15, 0.2) is 24.3 Å². The smallest absolute Gasteiger partial charge is 0.206 e. The molecule has 0 saturated carbocycles. The van der Waals surface area contributed by atoms with Crippen LogP contribution in [-0.2, 0) is 6.42 Å². The molecule has 0 saturated heterocycles. The Morgan fingerprint density at radius 2 is 1.67 bits per heavy atom. The Morgan fingerprint density at radius 1 is 1.07 bits per heavy atom. The summed E-state index contributed by atoms with van der Waals surface area (Å²) in [5, 5.41) is 0. The predicted molar refractivity (Wildman–Crippen MR) is 41.4 cm³/mol. The monoisotopic (exact) mass is 231 g/mol. The van der Waals surface area contributed by atoms with Gasteiger partial charge in [-0.25, -0.2) is 23.6 Å². The third kappa shape index (κ3) is 5.46. The molecule has 0 radical (unpaired) electrons. The van der Waals surface area contributed by atoms with Crippen molar-refractivity contribution in [3.05, 3.63) is 29.8 Å². The Balaban J connectivity index is 0.000000195. The molecule has 0 spiro atoms. The number of hydrogen-bond acceptors (Lipinski definition) is 4. The van der Waals surface area contributed by atoms with Gasteiger partial charge in [-0.2, -0.15) is 0 Å². The van der Waals surface area contributed by atoms with Crippen molar-refractivity contribution < 1.29 is 33.9 Å². The Hall–Kier alpha value is -0.980. The predicted octanol–water partition coefficient (Wildman–Crippen LogP) is -4.34. The summed E-state index contributed by atoms with van der Waals surface area (Å²) in [4.78, 5) is 3.24. The van der Waals surface area contributed by atoms with Crippen LogP contribution in [0, 0.1) is 10.2 Å². The van der Waals surface area contributed by atoms with E-state index in [9.17, 15) is 0 Å². The highest BCUT2D eigenvalue weighted by atomic mass is 35.7. The fourth-order valence-electron chi connectivity index (χ4n) is 1.29. The maximum absolute atomic E-state index is 8.49. The molecule has 0 unspecified atom stereocenters. The lowest BCUT2D eigenvalue weighted by Gasteiger charge is -2.17.